The second-order valence-corrected chi connectivity index (χ2v) is 8.88. The van der Waals surface area contributed by atoms with Crippen LogP contribution in [-0.4, -0.2) is 61.4 Å². The largest absolute Gasteiger partial charge is 0.490 e. The number of ketones is 1. The lowest BCUT2D eigenvalue weighted by Crippen LogP contribution is -2.39. The number of nitrogens with zero attached hydrogens (tertiary/aromatic N) is 2. The van der Waals surface area contributed by atoms with Gasteiger partial charge in [-0.25, -0.2) is 0 Å². The second-order valence-electron chi connectivity index (χ2n) is 8.88. The molecule has 6 nitrogen and oxygen atoms in total. The van der Waals surface area contributed by atoms with Gasteiger partial charge in [-0.1, -0.05) is 31.2 Å². The zero-order chi connectivity index (χ0) is 22.0. The van der Waals surface area contributed by atoms with E-state index in [2.05, 4.69) is 11.5 Å². The normalized spacial score (nSPS) is 25.4. The lowest BCUT2D eigenvalue weighted by Gasteiger charge is -2.35. The van der Waals surface area contributed by atoms with E-state index in [1.165, 1.54) is 0 Å². The van der Waals surface area contributed by atoms with Crippen molar-refractivity contribution in [2.75, 3.05) is 33.8 Å². The number of hydrogen-bond donors (Lipinski definition) is 0. The van der Waals surface area contributed by atoms with Gasteiger partial charge in [0.15, 0.2) is 11.5 Å². The van der Waals surface area contributed by atoms with Crippen LogP contribution in [-0.2, 0) is 14.3 Å². The number of carbonyl (C=O) groups is 2. The maximum Gasteiger partial charge on any atom is 0.290 e. The Labute approximate surface area is 184 Å². The zero-order valence-corrected chi connectivity index (χ0v) is 18.5. The van der Waals surface area contributed by atoms with Crippen LogP contribution in [0, 0.1) is 5.92 Å². The van der Waals surface area contributed by atoms with E-state index in [-0.39, 0.29) is 29.5 Å². The minimum Gasteiger partial charge on any atom is -0.490 e. The van der Waals surface area contributed by atoms with E-state index in [1.54, 1.807) is 6.08 Å². The third-order valence-electron chi connectivity index (χ3n) is 6.43. The summed E-state index contributed by atoms with van der Waals surface area (Å²) in [5.74, 6) is 0.851. The molecular weight excluding hydrogens is 392 g/mol. The lowest BCUT2D eigenvalue weighted by molar-refractivity contribution is -0.135. The molecule has 31 heavy (non-hydrogen) atoms. The van der Waals surface area contributed by atoms with Crippen molar-refractivity contribution in [2.24, 2.45) is 5.92 Å². The highest BCUT2D eigenvalue weighted by Gasteiger charge is 2.51. The van der Waals surface area contributed by atoms with Crippen LogP contribution in [0.4, 0.5) is 0 Å². The number of hydrogen-bond acceptors (Lipinski definition) is 5. The van der Waals surface area contributed by atoms with Crippen molar-refractivity contribution in [1.29, 1.82) is 0 Å². The van der Waals surface area contributed by atoms with Crippen molar-refractivity contribution in [3.05, 3.63) is 53.8 Å². The topological polar surface area (TPSA) is 59.1 Å². The number of fused-ring (bicyclic) bond motifs is 1. The number of rotatable bonds is 8. The van der Waals surface area contributed by atoms with Gasteiger partial charge in [0, 0.05) is 6.54 Å². The third kappa shape index (κ3) is 4.26. The van der Waals surface area contributed by atoms with Crippen molar-refractivity contribution in [1.82, 2.24) is 9.80 Å². The van der Waals surface area contributed by atoms with E-state index >= 15 is 0 Å². The Morgan fingerprint density at radius 2 is 1.94 bits per heavy atom. The Morgan fingerprint density at radius 3 is 2.65 bits per heavy atom. The number of carbonyl (C=O) groups excluding carboxylic acids is 2. The number of benzene rings is 1. The summed E-state index contributed by atoms with van der Waals surface area (Å²) in [7, 11) is 4.04. The summed E-state index contributed by atoms with van der Waals surface area (Å²) in [6.07, 6.45) is 6.16. The summed E-state index contributed by atoms with van der Waals surface area (Å²) < 4.78 is 11.8. The van der Waals surface area contributed by atoms with Crippen LogP contribution < -0.4 is 4.74 Å². The molecule has 1 saturated carbocycles. The van der Waals surface area contributed by atoms with Crippen LogP contribution in [0.3, 0.4) is 0 Å². The van der Waals surface area contributed by atoms with E-state index in [0.29, 0.717) is 18.7 Å². The van der Waals surface area contributed by atoms with Gasteiger partial charge >= 0.3 is 0 Å². The molecule has 166 valence electrons. The molecule has 1 amide bonds. The van der Waals surface area contributed by atoms with Crippen LogP contribution in [0.25, 0.3) is 0 Å². The minimum absolute atomic E-state index is 0.103. The quantitative estimate of drug-likeness (QED) is 0.598. The SMILES string of the molecule is C=CCOc1ccc(C2C3=C(OC4CCCCC4C3=O)C(=O)N2CCCN(C)C)cc1. The number of ether oxygens (including phenoxy) is 2. The molecule has 3 aliphatic rings. The first kappa shape index (κ1) is 21.6. The Bertz CT molecular complexity index is 874. The van der Waals surface area contributed by atoms with Gasteiger partial charge in [0.05, 0.1) is 17.5 Å². The smallest absolute Gasteiger partial charge is 0.290 e. The predicted octanol–water partition coefficient (Wildman–Crippen LogP) is 3.50. The highest BCUT2D eigenvalue weighted by Crippen LogP contribution is 2.46. The van der Waals surface area contributed by atoms with Gasteiger partial charge in [0.2, 0.25) is 0 Å². The molecule has 0 bridgehead atoms. The first-order chi connectivity index (χ1) is 15.0. The molecule has 0 radical (unpaired) electrons. The molecule has 0 spiro atoms. The van der Waals surface area contributed by atoms with Crippen LogP contribution in [0.1, 0.15) is 43.7 Å². The molecule has 1 aliphatic carbocycles. The first-order valence-electron chi connectivity index (χ1n) is 11.3. The predicted molar refractivity (Wildman–Crippen MR) is 119 cm³/mol. The molecular formula is C25H32N2O4. The van der Waals surface area contributed by atoms with Crippen LogP contribution in [0.5, 0.6) is 5.75 Å². The van der Waals surface area contributed by atoms with E-state index in [9.17, 15) is 9.59 Å². The maximum absolute atomic E-state index is 13.5. The summed E-state index contributed by atoms with van der Waals surface area (Å²) in [6, 6.07) is 7.28. The second kappa shape index (κ2) is 9.27. The first-order valence-corrected chi connectivity index (χ1v) is 11.3. The third-order valence-corrected chi connectivity index (χ3v) is 6.43. The van der Waals surface area contributed by atoms with Gasteiger partial charge in [-0.05, 0) is 64.0 Å². The van der Waals surface area contributed by atoms with Gasteiger partial charge in [-0.2, -0.15) is 0 Å². The van der Waals surface area contributed by atoms with Gasteiger partial charge < -0.3 is 19.3 Å². The van der Waals surface area contributed by atoms with E-state index in [4.69, 9.17) is 9.47 Å². The van der Waals surface area contributed by atoms with Gasteiger partial charge in [0.1, 0.15) is 18.5 Å². The fourth-order valence-electron chi connectivity index (χ4n) is 4.93. The molecule has 0 aromatic heterocycles. The van der Waals surface area contributed by atoms with Crippen LogP contribution in [0.2, 0.25) is 0 Å². The molecule has 1 aromatic rings. The highest BCUT2D eigenvalue weighted by molar-refractivity contribution is 6.11. The Morgan fingerprint density at radius 1 is 1.19 bits per heavy atom. The standard InChI is InChI=1S/C25H32N2O4/c1-4-16-30-18-12-10-17(11-13-18)22-21-23(28)19-8-5-6-9-20(19)31-24(21)25(29)27(22)15-7-14-26(2)3/h4,10-13,19-20,22H,1,5-9,14-16H2,2-3H3. The van der Waals surface area contributed by atoms with Crippen molar-refractivity contribution in [3.8, 4) is 5.75 Å². The summed E-state index contributed by atoms with van der Waals surface area (Å²) in [4.78, 5) is 30.8. The van der Waals surface area contributed by atoms with E-state index < -0.39 is 6.04 Å². The van der Waals surface area contributed by atoms with E-state index in [1.807, 2.05) is 43.3 Å². The molecule has 3 unspecified atom stereocenters. The van der Waals surface area contributed by atoms with Crippen LogP contribution >= 0.6 is 0 Å². The average molecular weight is 425 g/mol. The molecule has 0 saturated heterocycles. The molecule has 0 N–H and O–H groups in total. The summed E-state index contributed by atoms with van der Waals surface area (Å²) in [5, 5.41) is 0. The van der Waals surface area contributed by atoms with Crippen molar-refractivity contribution < 1.29 is 19.1 Å². The fourth-order valence-corrected chi connectivity index (χ4v) is 4.93. The fraction of sp³-hybridized carbons (Fsp3) is 0.520. The van der Waals surface area contributed by atoms with Gasteiger partial charge in [0.25, 0.3) is 5.91 Å². The number of amides is 1. The molecule has 1 fully saturated rings. The maximum atomic E-state index is 13.5. The highest BCUT2D eigenvalue weighted by atomic mass is 16.5. The Kier molecular flexibility index (Phi) is 6.46. The van der Waals surface area contributed by atoms with Crippen molar-refractivity contribution in [3.63, 3.8) is 0 Å². The van der Waals surface area contributed by atoms with Crippen molar-refractivity contribution >= 4 is 11.7 Å². The van der Waals surface area contributed by atoms with Gasteiger partial charge in [-0.3, -0.25) is 9.59 Å². The van der Waals surface area contributed by atoms with Gasteiger partial charge in [-0.15, -0.1) is 0 Å². The molecule has 2 heterocycles. The molecule has 1 aromatic carbocycles. The average Bonchev–Trinajstić information content (AvgIpc) is 3.05. The Hall–Kier alpha value is -2.60. The number of Topliss-reactive ketones (excluding diaryl/α,β-unsaturated/α-hetero) is 1. The Balaban J connectivity index is 1.66. The summed E-state index contributed by atoms with van der Waals surface area (Å²) >= 11 is 0. The monoisotopic (exact) mass is 424 g/mol. The molecule has 6 heteroatoms. The summed E-state index contributed by atoms with van der Waals surface area (Å²) in [6.45, 7) is 5.55. The minimum atomic E-state index is -0.395. The zero-order valence-electron chi connectivity index (χ0n) is 18.5. The molecule has 3 atom stereocenters. The van der Waals surface area contributed by atoms with Crippen molar-refractivity contribution in [2.45, 2.75) is 44.2 Å². The molecule has 4 rings (SSSR count). The van der Waals surface area contributed by atoms with E-state index in [0.717, 1.165) is 50.0 Å². The molecule has 2 aliphatic heterocycles. The lowest BCUT2D eigenvalue weighted by atomic mass is 9.77. The summed E-state index contributed by atoms with van der Waals surface area (Å²) in [5.41, 5.74) is 1.47. The van der Waals surface area contributed by atoms with Crippen LogP contribution in [0.15, 0.2) is 48.3 Å².